The molecule has 1 aromatic rings. The molecular weight excluding hydrogens is 216 g/mol. The zero-order valence-corrected chi connectivity index (χ0v) is 10.0. The van der Waals surface area contributed by atoms with Crippen LogP contribution in [-0.4, -0.2) is 25.3 Å². The highest BCUT2D eigenvalue weighted by molar-refractivity contribution is 5.43. The van der Waals surface area contributed by atoms with Crippen LogP contribution in [0.15, 0.2) is 6.07 Å². The third kappa shape index (κ3) is 2.75. The smallest absolute Gasteiger partial charge is 0.232 e. The summed E-state index contributed by atoms with van der Waals surface area (Å²) in [6, 6.07) is 4.06. The number of fused-ring (bicyclic) bond motifs is 1. The highest BCUT2D eigenvalue weighted by Gasteiger charge is 2.15. The number of methoxy groups -OCH3 is 1. The minimum atomic E-state index is 0.428. The number of hydrogen-bond acceptors (Lipinski definition) is 4. The third-order valence-corrected chi connectivity index (χ3v) is 2.91. The fourth-order valence-electron chi connectivity index (χ4n) is 2.03. The summed E-state index contributed by atoms with van der Waals surface area (Å²) in [4.78, 5) is 4.46. The van der Waals surface area contributed by atoms with E-state index in [0.29, 0.717) is 24.7 Å². The molecule has 1 heterocycles. The topological polar surface area (TPSA) is 55.1 Å². The van der Waals surface area contributed by atoms with Gasteiger partial charge < -0.3 is 9.47 Å². The lowest BCUT2D eigenvalue weighted by Gasteiger charge is -2.16. The van der Waals surface area contributed by atoms with Gasteiger partial charge in [0.25, 0.3) is 0 Å². The molecule has 1 aliphatic carbocycles. The Bertz CT molecular complexity index is 438. The highest BCUT2D eigenvalue weighted by Crippen LogP contribution is 2.25. The number of ether oxygens (including phenoxy) is 2. The van der Waals surface area contributed by atoms with Crippen molar-refractivity contribution in [3.63, 3.8) is 0 Å². The highest BCUT2D eigenvalue weighted by atomic mass is 16.5. The normalized spacial score (nSPS) is 13.9. The zero-order chi connectivity index (χ0) is 12.1. The number of nitriles is 1. The van der Waals surface area contributed by atoms with E-state index in [1.807, 2.05) is 6.07 Å². The molecule has 4 nitrogen and oxygen atoms in total. The van der Waals surface area contributed by atoms with Gasteiger partial charge in [-0.2, -0.15) is 5.26 Å². The number of hydrogen-bond donors (Lipinski definition) is 0. The van der Waals surface area contributed by atoms with Gasteiger partial charge in [-0.05, 0) is 37.3 Å². The van der Waals surface area contributed by atoms with Crippen LogP contribution in [0.3, 0.4) is 0 Å². The third-order valence-electron chi connectivity index (χ3n) is 2.91. The van der Waals surface area contributed by atoms with E-state index in [1.165, 1.54) is 18.4 Å². The first-order valence-electron chi connectivity index (χ1n) is 5.90. The Balaban J connectivity index is 2.21. The van der Waals surface area contributed by atoms with Gasteiger partial charge in [-0.15, -0.1) is 0 Å². The van der Waals surface area contributed by atoms with E-state index in [9.17, 15) is 0 Å². The van der Waals surface area contributed by atoms with E-state index >= 15 is 0 Å². The first-order chi connectivity index (χ1) is 8.35. The van der Waals surface area contributed by atoms with Gasteiger partial charge in [0.15, 0.2) is 0 Å². The van der Waals surface area contributed by atoms with Crippen LogP contribution < -0.4 is 4.74 Å². The van der Waals surface area contributed by atoms with Crippen molar-refractivity contribution in [1.29, 1.82) is 5.26 Å². The summed E-state index contributed by atoms with van der Waals surface area (Å²) in [5.41, 5.74) is 2.82. The molecule has 1 aliphatic rings. The van der Waals surface area contributed by atoms with E-state index in [1.54, 1.807) is 7.11 Å². The molecule has 0 N–H and O–H groups in total. The second kappa shape index (κ2) is 5.65. The van der Waals surface area contributed by atoms with E-state index in [0.717, 1.165) is 18.5 Å². The molecule has 0 amide bonds. The van der Waals surface area contributed by atoms with Crippen LogP contribution in [0.25, 0.3) is 0 Å². The quantitative estimate of drug-likeness (QED) is 0.743. The van der Waals surface area contributed by atoms with Crippen molar-refractivity contribution in [2.24, 2.45) is 0 Å². The molecule has 0 fully saturated rings. The van der Waals surface area contributed by atoms with E-state index in [4.69, 9.17) is 14.7 Å². The number of nitrogens with zero attached hydrogens (tertiary/aromatic N) is 2. The van der Waals surface area contributed by atoms with Crippen LogP contribution in [0.1, 0.15) is 29.7 Å². The van der Waals surface area contributed by atoms with Gasteiger partial charge in [0, 0.05) is 12.8 Å². The van der Waals surface area contributed by atoms with Crippen LogP contribution in [-0.2, 0) is 17.6 Å². The molecule has 0 atom stereocenters. The minimum absolute atomic E-state index is 0.428. The Morgan fingerprint density at radius 2 is 2.18 bits per heavy atom. The molecule has 0 spiro atoms. The van der Waals surface area contributed by atoms with Crippen molar-refractivity contribution in [3.05, 3.63) is 22.9 Å². The minimum Gasteiger partial charge on any atom is -0.474 e. The van der Waals surface area contributed by atoms with Crippen molar-refractivity contribution < 1.29 is 9.47 Å². The Labute approximate surface area is 101 Å². The molecule has 90 valence electrons. The molecular formula is C13H16N2O2. The van der Waals surface area contributed by atoms with Gasteiger partial charge in [0.1, 0.15) is 18.2 Å². The van der Waals surface area contributed by atoms with Crippen molar-refractivity contribution >= 4 is 0 Å². The van der Waals surface area contributed by atoms with Gasteiger partial charge in [0.2, 0.25) is 5.88 Å². The average Bonchev–Trinajstić information content (AvgIpc) is 2.38. The second-order valence-corrected chi connectivity index (χ2v) is 4.11. The molecule has 0 aromatic carbocycles. The number of rotatable bonds is 4. The molecule has 0 saturated carbocycles. The van der Waals surface area contributed by atoms with Gasteiger partial charge in [0.05, 0.1) is 6.61 Å². The van der Waals surface area contributed by atoms with Crippen molar-refractivity contribution in [2.45, 2.75) is 25.7 Å². The summed E-state index contributed by atoms with van der Waals surface area (Å²) < 4.78 is 10.4. The molecule has 0 bridgehead atoms. The van der Waals surface area contributed by atoms with Crippen molar-refractivity contribution in [2.75, 3.05) is 20.3 Å². The Hall–Kier alpha value is -1.60. The molecule has 0 aliphatic heterocycles. The second-order valence-electron chi connectivity index (χ2n) is 4.11. The maximum atomic E-state index is 9.08. The lowest BCUT2D eigenvalue weighted by atomic mass is 9.95. The van der Waals surface area contributed by atoms with Crippen LogP contribution in [0.4, 0.5) is 0 Å². The van der Waals surface area contributed by atoms with Crippen molar-refractivity contribution in [1.82, 2.24) is 4.98 Å². The summed E-state index contributed by atoms with van der Waals surface area (Å²) in [6.07, 6.45) is 4.36. The van der Waals surface area contributed by atoms with Crippen LogP contribution in [0.5, 0.6) is 5.88 Å². The first kappa shape index (κ1) is 11.9. The largest absolute Gasteiger partial charge is 0.474 e. The number of aryl methyl sites for hydroxylation is 2. The van der Waals surface area contributed by atoms with Gasteiger partial charge in [-0.3, -0.25) is 0 Å². The summed E-state index contributed by atoms with van der Waals surface area (Å²) in [7, 11) is 1.62. The zero-order valence-electron chi connectivity index (χ0n) is 10.0. The molecule has 2 rings (SSSR count). The monoisotopic (exact) mass is 232 g/mol. The van der Waals surface area contributed by atoms with Gasteiger partial charge >= 0.3 is 0 Å². The van der Waals surface area contributed by atoms with Crippen molar-refractivity contribution in [3.8, 4) is 11.9 Å². The lowest BCUT2D eigenvalue weighted by molar-refractivity contribution is 0.143. The maximum Gasteiger partial charge on any atom is 0.232 e. The predicted molar refractivity (Wildman–Crippen MR) is 63.0 cm³/mol. The number of aromatic nitrogens is 1. The summed E-state index contributed by atoms with van der Waals surface area (Å²) in [5, 5.41) is 9.08. The average molecular weight is 232 g/mol. The predicted octanol–water partition coefficient (Wildman–Crippen LogP) is 1.86. The van der Waals surface area contributed by atoms with Gasteiger partial charge in [-0.1, -0.05) is 0 Å². The first-order valence-corrected chi connectivity index (χ1v) is 5.90. The molecule has 0 saturated heterocycles. The molecule has 4 heteroatoms. The van der Waals surface area contributed by atoms with E-state index < -0.39 is 0 Å². The maximum absolute atomic E-state index is 9.08. The van der Waals surface area contributed by atoms with Crippen LogP contribution >= 0.6 is 0 Å². The Morgan fingerprint density at radius 3 is 2.94 bits per heavy atom. The summed E-state index contributed by atoms with van der Waals surface area (Å²) >= 11 is 0. The van der Waals surface area contributed by atoms with E-state index in [-0.39, 0.29) is 0 Å². The molecule has 1 aromatic heterocycles. The number of pyridine rings is 1. The van der Waals surface area contributed by atoms with E-state index in [2.05, 4.69) is 11.1 Å². The fourth-order valence-corrected chi connectivity index (χ4v) is 2.03. The van der Waals surface area contributed by atoms with Crippen LogP contribution in [0, 0.1) is 11.3 Å². The van der Waals surface area contributed by atoms with Gasteiger partial charge in [-0.25, -0.2) is 4.98 Å². The summed E-state index contributed by atoms with van der Waals surface area (Å²) in [6.45, 7) is 0.931. The molecule has 17 heavy (non-hydrogen) atoms. The Morgan fingerprint density at radius 1 is 1.35 bits per heavy atom. The lowest BCUT2D eigenvalue weighted by Crippen LogP contribution is -2.11. The van der Waals surface area contributed by atoms with Crippen LogP contribution in [0.2, 0.25) is 0 Å². The standard InChI is InChI=1S/C13H16N2O2/c1-16-6-7-17-13-11(9-14)8-10-4-2-3-5-12(10)15-13/h8H,2-7H2,1H3. The molecule has 0 radical (unpaired) electrons. The molecule has 0 unspecified atom stereocenters. The fraction of sp³-hybridized carbons (Fsp3) is 0.538. The SMILES string of the molecule is COCCOc1nc2c(cc1C#N)CCCC2. The Kier molecular flexibility index (Phi) is 3.94. The summed E-state index contributed by atoms with van der Waals surface area (Å²) in [5.74, 6) is 0.449.